The Labute approximate surface area is 123 Å². The van der Waals surface area contributed by atoms with E-state index in [1.807, 2.05) is 6.07 Å². The number of aromatic nitrogens is 2. The predicted octanol–water partition coefficient (Wildman–Crippen LogP) is 2.61. The molecule has 0 aliphatic heterocycles. The molecule has 20 heavy (non-hydrogen) atoms. The van der Waals surface area contributed by atoms with E-state index in [0.29, 0.717) is 0 Å². The Morgan fingerprint density at radius 3 is 2.05 bits per heavy atom. The van der Waals surface area contributed by atoms with Gasteiger partial charge in [-0.25, -0.2) is 9.97 Å². The van der Waals surface area contributed by atoms with Gasteiger partial charge in [-0.3, -0.25) is 0 Å². The third-order valence-corrected chi connectivity index (χ3v) is 3.27. The average Bonchev–Trinajstić information content (AvgIpc) is 2.49. The summed E-state index contributed by atoms with van der Waals surface area (Å²) < 4.78 is 0. The van der Waals surface area contributed by atoms with Crippen LogP contribution in [-0.2, 0) is 6.42 Å². The zero-order chi connectivity index (χ0) is 14.8. The molecule has 0 radical (unpaired) electrons. The number of anilines is 2. The Hall–Kier alpha value is -1.36. The molecule has 1 aromatic heterocycles. The number of rotatable bonds is 10. The lowest BCUT2D eigenvalue weighted by molar-refractivity contribution is 0.316. The van der Waals surface area contributed by atoms with Crippen LogP contribution >= 0.6 is 0 Å². The van der Waals surface area contributed by atoms with Crippen LogP contribution in [0.15, 0.2) is 6.07 Å². The van der Waals surface area contributed by atoms with Gasteiger partial charge >= 0.3 is 0 Å². The molecule has 114 valence electrons. The third kappa shape index (κ3) is 5.74. The van der Waals surface area contributed by atoms with Crippen LogP contribution in [0.5, 0.6) is 0 Å². The molecule has 0 spiro atoms. The van der Waals surface area contributed by atoms with Gasteiger partial charge in [-0.15, -0.1) is 0 Å². The van der Waals surface area contributed by atoms with Gasteiger partial charge < -0.3 is 15.5 Å². The Bertz CT molecular complexity index is 377. The van der Waals surface area contributed by atoms with Crippen molar-refractivity contribution in [2.75, 3.05) is 43.4 Å². The fourth-order valence-electron chi connectivity index (χ4n) is 1.97. The Kier molecular flexibility index (Phi) is 7.95. The maximum atomic E-state index is 4.53. The van der Waals surface area contributed by atoms with Crippen LogP contribution in [0, 0.1) is 0 Å². The van der Waals surface area contributed by atoms with Crippen molar-refractivity contribution < 1.29 is 0 Å². The van der Waals surface area contributed by atoms with Crippen LogP contribution in [0.3, 0.4) is 0 Å². The summed E-state index contributed by atoms with van der Waals surface area (Å²) in [5.41, 5.74) is 0. The lowest BCUT2D eigenvalue weighted by atomic mass is 10.4. The lowest BCUT2D eigenvalue weighted by Crippen LogP contribution is -2.28. The van der Waals surface area contributed by atoms with Crippen molar-refractivity contribution in [2.24, 2.45) is 0 Å². The first kappa shape index (κ1) is 16.7. The molecular formula is C15H29N5. The Morgan fingerprint density at radius 2 is 1.55 bits per heavy atom. The molecule has 5 heteroatoms. The van der Waals surface area contributed by atoms with Gasteiger partial charge in [-0.05, 0) is 19.5 Å². The number of hydrogen-bond acceptors (Lipinski definition) is 5. The van der Waals surface area contributed by atoms with Crippen molar-refractivity contribution in [3.8, 4) is 0 Å². The van der Waals surface area contributed by atoms with E-state index in [1.54, 1.807) is 0 Å². The maximum Gasteiger partial charge on any atom is 0.132 e. The number of nitrogens with zero attached hydrogens (tertiary/aromatic N) is 3. The second-order valence-electron chi connectivity index (χ2n) is 4.79. The first-order valence-electron chi connectivity index (χ1n) is 7.81. The second kappa shape index (κ2) is 9.53. The van der Waals surface area contributed by atoms with Gasteiger partial charge in [0.15, 0.2) is 0 Å². The largest absolute Gasteiger partial charge is 0.370 e. The van der Waals surface area contributed by atoms with Gasteiger partial charge in [0.05, 0.1) is 0 Å². The predicted molar refractivity (Wildman–Crippen MR) is 86.5 cm³/mol. The van der Waals surface area contributed by atoms with Crippen molar-refractivity contribution in [1.29, 1.82) is 0 Å². The smallest absolute Gasteiger partial charge is 0.132 e. The number of likely N-dealkylation sites (N-methyl/N-ethyl adjacent to an activating group) is 1. The molecule has 0 bridgehead atoms. The quantitative estimate of drug-likeness (QED) is 0.689. The maximum absolute atomic E-state index is 4.53. The van der Waals surface area contributed by atoms with Crippen LogP contribution in [0.4, 0.5) is 11.6 Å². The standard InChI is InChI=1S/C15H29N5/c1-5-9-16-14-12-15(19-13(6-2)18-14)17-10-11-20(7-3)8-4/h12H,5-11H2,1-4H3,(H2,16,17,18,19). The SMILES string of the molecule is CCCNc1cc(NCCN(CC)CC)nc(CC)n1. The van der Waals surface area contributed by atoms with Crippen molar-refractivity contribution in [3.05, 3.63) is 11.9 Å². The fourth-order valence-corrected chi connectivity index (χ4v) is 1.97. The molecule has 0 aliphatic carbocycles. The minimum atomic E-state index is 0.854. The summed E-state index contributed by atoms with van der Waals surface area (Å²) in [7, 11) is 0. The first-order valence-corrected chi connectivity index (χ1v) is 7.81. The molecule has 5 nitrogen and oxygen atoms in total. The monoisotopic (exact) mass is 279 g/mol. The zero-order valence-electron chi connectivity index (χ0n) is 13.4. The van der Waals surface area contributed by atoms with Crippen LogP contribution in [0.2, 0.25) is 0 Å². The highest BCUT2D eigenvalue weighted by Crippen LogP contribution is 2.11. The highest BCUT2D eigenvalue weighted by atomic mass is 15.1. The molecule has 0 atom stereocenters. The molecule has 1 rings (SSSR count). The van der Waals surface area contributed by atoms with Crippen LogP contribution in [0.25, 0.3) is 0 Å². The van der Waals surface area contributed by atoms with Crippen LogP contribution in [-0.4, -0.2) is 47.6 Å². The summed E-state index contributed by atoms with van der Waals surface area (Å²) in [6, 6.07) is 2.00. The molecular weight excluding hydrogens is 250 g/mol. The summed E-state index contributed by atoms with van der Waals surface area (Å²) in [4.78, 5) is 11.4. The third-order valence-electron chi connectivity index (χ3n) is 3.27. The van der Waals surface area contributed by atoms with Crippen LogP contribution in [0.1, 0.15) is 39.9 Å². The van der Waals surface area contributed by atoms with E-state index in [2.05, 4.69) is 53.2 Å². The van der Waals surface area contributed by atoms with Crippen molar-refractivity contribution in [2.45, 2.75) is 40.5 Å². The molecule has 2 N–H and O–H groups in total. The van der Waals surface area contributed by atoms with E-state index in [1.165, 1.54) is 0 Å². The zero-order valence-corrected chi connectivity index (χ0v) is 13.4. The highest BCUT2D eigenvalue weighted by molar-refractivity contribution is 5.47. The topological polar surface area (TPSA) is 53.1 Å². The molecule has 0 unspecified atom stereocenters. The summed E-state index contributed by atoms with van der Waals surface area (Å²) >= 11 is 0. The molecule has 0 saturated carbocycles. The summed E-state index contributed by atoms with van der Waals surface area (Å²) in [5, 5.41) is 6.73. The summed E-state index contributed by atoms with van der Waals surface area (Å²) in [6.07, 6.45) is 1.95. The molecule has 0 aliphatic rings. The van der Waals surface area contributed by atoms with Gasteiger partial charge in [0.1, 0.15) is 17.5 Å². The molecule has 0 fully saturated rings. The molecule has 0 aromatic carbocycles. The average molecular weight is 279 g/mol. The van der Waals surface area contributed by atoms with E-state index in [0.717, 1.165) is 63.0 Å². The van der Waals surface area contributed by atoms with Crippen molar-refractivity contribution in [3.63, 3.8) is 0 Å². The highest BCUT2D eigenvalue weighted by Gasteiger charge is 2.04. The molecule has 0 saturated heterocycles. The van der Waals surface area contributed by atoms with Crippen molar-refractivity contribution >= 4 is 11.6 Å². The second-order valence-corrected chi connectivity index (χ2v) is 4.79. The molecule has 1 aromatic rings. The fraction of sp³-hybridized carbons (Fsp3) is 0.733. The van der Waals surface area contributed by atoms with Gasteiger partial charge in [0.25, 0.3) is 0 Å². The van der Waals surface area contributed by atoms with E-state index < -0.39 is 0 Å². The normalized spacial score (nSPS) is 10.8. The van der Waals surface area contributed by atoms with Crippen LogP contribution < -0.4 is 10.6 Å². The van der Waals surface area contributed by atoms with Gasteiger partial charge in [-0.1, -0.05) is 27.7 Å². The van der Waals surface area contributed by atoms with E-state index >= 15 is 0 Å². The summed E-state index contributed by atoms with van der Waals surface area (Å²) in [5.74, 6) is 2.73. The minimum Gasteiger partial charge on any atom is -0.370 e. The van der Waals surface area contributed by atoms with E-state index in [-0.39, 0.29) is 0 Å². The minimum absolute atomic E-state index is 0.854. The van der Waals surface area contributed by atoms with Gasteiger partial charge in [0, 0.05) is 32.1 Å². The van der Waals surface area contributed by atoms with Gasteiger partial charge in [-0.2, -0.15) is 0 Å². The number of aryl methyl sites for hydroxylation is 1. The number of hydrogen-bond donors (Lipinski definition) is 2. The Morgan fingerprint density at radius 1 is 0.950 bits per heavy atom. The summed E-state index contributed by atoms with van der Waals surface area (Å²) in [6.45, 7) is 13.7. The lowest BCUT2D eigenvalue weighted by Gasteiger charge is -2.18. The molecule has 0 amide bonds. The van der Waals surface area contributed by atoms with E-state index in [4.69, 9.17) is 0 Å². The van der Waals surface area contributed by atoms with Gasteiger partial charge in [0.2, 0.25) is 0 Å². The first-order chi connectivity index (χ1) is 9.73. The molecule has 1 heterocycles. The Balaban J connectivity index is 2.59. The number of nitrogens with one attached hydrogen (secondary N) is 2. The van der Waals surface area contributed by atoms with Crippen molar-refractivity contribution in [1.82, 2.24) is 14.9 Å². The van der Waals surface area contributed by atoms with E-state index in [9.17, 15) is 0 Å².